The van der Waals surface area contributed by atoms with E-state index in [1.807, 2.05) is 13.8 Å². The Kier molecular flexibility index (Phi) is 4.70. The van der Waals surface area contributed by atoms with E-state index >= 15 is 0 Å². The second-order valence-electron chi connectivity index (χ2n) is 5.43. The highest BCUT2D eigenvalue weighted by Crippen LogP contribution is 2.35. The van der Waals surface area contributed by atoms with Gasteiger partial charge in [-0.1, -0.05) is 13.8 Å². The van der Waals surface area contributed by atoms with Crippen molar-refractivity contribution < 1.29 is 19.4 Å². The summed E-state index contributed by atoms with van der Waals surface area (Å²) in [7, 11) is 1.46. The SMILES string of the molecule is COCC(N)C(=O)N1CCCC(C)(C)C1C(=O)O. The molecule has 0 radical (unpaired) electrons. The Bertz CT molecular complexity index is 330. The van der Waals surface area contributed by atoms with Gasteiger partial charge >= 0.3 is 5.97 Å². The molecule has 6 heteroatoms. The first kappa shape index (κ1) is 14.9. The van der Waals surface area contributed by atoms with Crippen molar-refractivity contribution in [3.05, 3.63) is 0 Å². The molecule has 0 aromatic heterocycles. The smallest absolute Gasteiger partial charge is 0.326 e. The quantitative estimate of drug-likeness (QED) is 0.744. The number of nitrogens with two attached hydrogens (primary N) is 1. The molecule has 0 bridgehead atoms. The minimum atomic E-state index is -0.974. The summed E-state index contributed by atoms with van der Waals surface area (Å²) in [5.41, 5.74) is 5.26. The first-order valence-electron chi connectivity index (χ1n) is 6.09. The van der Waals surface area contributed by atoms with Crippen LogP contribution in [0.2, 0.25) is 0 Å². The van der Waals surface area contributed by atoms with Crippen LogP contribution >= 0.6 is 0 Å². The third-order valence-corrected chi connectivity index (χ3v) is 3.45. The van der Waals surface area contributed by atoms with Crippen molar-refractivity contribution in [1.82, 2.24) is 4.90 Å². The van der Waals surface area contributed by atoms with Gasteiger partial charge in [0.1, 0.15) is 12.1 Å². The summed E-state index contributed by atoms with van der Waals surface area (Å²) in [5, 5.41) is 9.34. The first-order valence-corrected chi connectivity index (χ1v) is 6.09. The summed E-state index contributed by atoms with van der Waals surface area (Å²) in [6.07, 6.45) is 1.58. The second kappa shape index (κ2) is 5.67. The number of carboxylic acids is 1. The molecule has 0 aromatic rings. The number of methoxy groups -OCH3 is 1. The van der Waals surface area contributed by atoms with E-state index in [-0.39, 0.29) is 12.5 Å². The van der Waals surface area contributed by atoms with Crippen LogP contribution in [0, 0.1) is 5.41 Å². The number of likely N-dealkylation sites (tertiary alicyclic amines) is 1. The highest BCUT2D eigenvalue weighted by molar-refractivity contribution is 5.87. The van der Waals surface area contributed by atoms with Gasteiger partial charge in [0.05, 0.1) is 6.61 Å². The number of piperidine rings is 1. The molecule has 0 spiro atoms. The summed E-state index contributed by atoms with van der Waals surface area (Å²) < 4.78 is 4.84. The fourth-order valence-electron chi connectivity index (χ4n) is 2.56. The molecule has 18 heavy (non-hydrogen) atoms. The molecule has 1 rings (SSSR count). The lowest BCUT2D eigenvalue weighted by molar-refractivity contribution is -0.159. The van der Waals surface area contributed by atoms with Crippen molar-refractivity contribution in [2.45, 2.75) is 38.8 Å². The van der Waals surface area contributed by atoms with Gasteiger partial charge in [0.25, 0.3) is 0 Å². The Morgan fingerprint density at radius 1 is 1.56 bits per heavy atom. The number of carboxylic acid groups (broad SMARTS) is 1. The van der Waals surface area contributed by atoms with E-state index in [1.54, 1.807) is 0 Å². The van der Waals surface area contributed by atoms with Crippen molar-refractivity contribution in [2.75, 3.05) is 20.3 Å². The van der Waals surface area contributed by atoms with Crippen LogP contribution in [0.15, 0.2) is 0 Å². The van der Waals surface area contributed by atoms with Gasteiger partial charge < -0.3 is 20.5 Å². The molecule has 1 heterocycles. The number of hydrogen-bond acceptors (Lipinski definition) is 4. The fourth-order valence-corrected chi connectivity index (χ4v) is 2.56. The van der Waals surface area contributed by atoms with E-state index in [9.17, 15) is 14.7 Å². The molecule has 0 aromatic carbocycles. The van der Waals surface area contributed by atoms with E-state index in [4.69, 9.17) is 10.5 Å². The van der Waals surface area contributed by atoms with Crippen LogP contribution in [0.4, 0.5) is 0 Å². The summed E-state index contributed by atoms with van der Waals surface area (Å²) in [6, 6.07) is -1.62. The van der Waals surface area contributed by atoms with E-state index in [2.05, 4.69) is 0 Å². The molecule has 1 amide bonds. The van der Waals surface area contributed by atoms with E-state index < -0.39 is 23.5 Å². The second-order valence-corrected chi connectivity index (χ2v) is 5.43. The lowest BCUT2D eigenvalue weighted by Gasteiger charge is -2.44. The highest BCUT2D eigenvalue weighted by atomic mass is 16.5. The number of ether oxygens (including phenoxy) is 1. The van der Waals surface area contributed by atoms with Crippen LogP contribution in [0.1, 0.15) is 26.7 Å². The molecule has 1 aliphatic heterocycles. The molecule has 3 N–H and O–H groups in total. The van der Waals surface area contributed by atoms with Gasteiger partial charge in [0.2, 0.25) is 5.91 Å². The lowest BCUT2D eigenvalue weighted by atomic mass is 9.76. The van der Waals surface area contributed by atoms with Gasteiger partial charge in [0, 0.05) is 13.7 Å². The van der Waals surface area contributed by atoms with Crippen molar-refractivity contribution in [2.24, 2.45) is 11.1 Å². The Morgan fingerprint density at radius 3 is 2.67 bits per heavy atom. The van der Waals surface area contributed by atoms with Gasteiger partial charge in [-0.25, -0.2) is 4.79 Å². The predicted molar refractivity (Wildman–Crippen MR) is 66.0 cm³/mol. The zero-order valence-electron chi connectivity index (χ0n) is 11.2. The zero-order chi connectivity index (χ0) is 13.9. The monoisotopic (exact) mass is 258 g/mol. The van der Waals surface area contributed by atoms with Gasteiger partial charge in [0.15, 0.2) is 0 Å². The molecule has 104 valence electrons. The lowest BCUT2D eigenvalue weighted by Crippen LogP contribution is -2.60. The summed E-state index contributed by atoms with van der Waals surface area (Å²) >= 11 is 0. The molecule has 1 saturated heterocycles. The molecule has 1 fully saturated rings. The number of nitrogens with zero attached hydrogens (tertiary/aromatic N) is 1. The highest BCUT2D eigenvalue weighted by Gasteiger charge is 2.45. The Labute approximate surface area is 107 Å². The standard InChI is InChI=1S/C12H22N2O4/c1-12(2)5-4-6-14(9(12)11(16)17)10(15)8(13)7-18-3/h8-9H,4-7,13H2,1-3H3,(H,16,17). The number of amides is 1. The number of rotatable bonds is 4. The van der Waals surface area contributed by atoms with Crippen LogP contribution in [0.5, 0.6) is 0 Å². The zero-order valence-corrected chi connectivity index (χ0v) is 11.2. The fraction of sp³-hybridized carbons (Fsp3) is 0.833. The Morgan fingerprint density at radius 2 is 2.17 bits per heavy atom. The van der Waals surface area contributed by atoms with Gasteiger partial charge in [-0.15, -0.1) is 0 Å². The van der Waals surface area contributed by atoms with Crippen LogP contribution in [-0.2, 0) is 14.3 Å². The largest absolute Gasteiger partial charge is 0.480 e. The van der Waals surface area contributed by atoms with E-state index in [0.29, 0.717) is 6.54 Å². The molecule has 2 atom stereocenters. The molecule has 0 aliphatic carbocycles. The van der Waals surface area contributed by atoms with Crippen molar-refractivity contribution in [3.63, 3.8) is 0 Å². The van der Waals surface area contributed by atoms with Crippen LogP contribution < -0.4 is 5.73 Å². The minimum Gasteiger partial charge on any atom is -0.480 e. The normalized spacial score (nSPS) is 24.7. The predicted octanol–water partition coefficient (Wildman–Crippen LogP) is 0.0619. The summed E-state index contributed by atoms with van der Waals surface area (Å²) in [5.74, 6) is -1.32. The van der Waals surface area contributed by atoms with Gasteiger partial charge in [-0.3, -0.25) is 4.79 Å². The van der Waals surface area contributed by atoms with Crippen molar-refractivity contribution in [1.29, 1.82) is 0 Å². The molecule has 2 unspecified atom stereocenters. The maximum atomic E-state index is 12.1. The third kappa shape index (κ3) is 3.00. The van der Waals surface area contributed by atoms with Crippen LogP contribution in [0.25, 0.3) is 0 Å². The number of hydrogen-bond donors (Lipinski definition) is 2. The number of carbonyl (C=O) groups is 2. The number of aliphatic carboxylic acids is 1. The first-order chi connectivity index (χ1) is 8.31. The van der Waals surface area contributed by atoms with Gasteiger partial charge in [-0.2, -0.15) is 0 Å². The Balaban J connectivity index is 2.91. The van der Waals surface area contributed by atoms with Gasteiger partial charge in [-0.05, 0) is 18.3 Å². The van der Waals surface area contributed by atoms with E-state index in [0.717, 1.165) is 12.8 Å². The van der Waals surface area contributed by atoms with E-state index in [1.165, 1.54) is 12.0 Å². The van der Waals surface area contributed by atoms with Crippen molar-refractivity contribution >= 4 is 11.9 Å². The molecular formula is C12H22N2O4. The average Bonchev–Trinajstić information content (AvgIpc) is 2.26. The van der Waals surface area contributed by atoms with Crippen molar-refractivity contribution in [3.8, 4) is 0 Å². The average molecular weight is 258 g/mol. The summed E-state index contributed by atoms with van der Waals surface area (Å²) in [4.78, 5) is 24.9. The number of carbonyl (C=O) groups excluding carboxylic acids is 1. The maximum absolute atomic E-state index is 12.1. The molecular weight excluding hydrogens is 236 g/mol. The minimum absolute atomic E-state index is 0.0993. The third-order valence-electron chi connectivity index (χ3n) is 3.45. The van der Waals surface area contributed by atoms with Crippen LogP contribution in [-0.4, -0.2) is 54.2 Å². The molecule has 6 nitrogen and oxygen atoms in total. The Hall–Kier alpha value is -1.14. The maximum Gasteiger partial charge on any atom is 0.326 e. The van der Waals surface area contributed by atoms with Crippen LogP contribution in [0.3, 0.4) is 0 Å². The molecule has 1 aliphatic rings. The topological polar surface area (TPSA) is 92.9 Å². The summed E-state index contributed by atoms with van der Waals surface area (Å²) in [6.45, 7) is 4.28. The molecule has 0 saturated carbocycles.